The fourth-order valence-electron chi connectivity index (χ4n) is 4.85. The van der Waals surface area contributed by atoms with Crippen LogP contribution in [0, 0.1) is 6.92 Å². The number of amides is 1. The van der Waals surface area contributed by atoms with Gasteiger partial charge in [-0.05, 0) is 47.7 Å². The largest absolute Gasteiger partial charge is 0.507 e. The molecule has 6 nitrogen and oxygen atoms in total. The van der Waals surface area contributed by atoms with Crippen molar-refractivity contribution >= 4 is 34.0 Å². The lowest BCUT2D eigenvalue weighted by Crippen LogP contribution is -2.29. The van der Waals surface area contributed by atoms with Gasteiger partial charge in [0.1, 0.15) is 11.5 Å². The van der Waals surface area contributed by atoms with Gasteiger partial charge in [-0.25, -0.2) is 0 Å². The number of nitrogens with one attached hydrogen (secondary N) is 1. The summed E-state index contributed by atoms with van der Waals surface area (Å²) in [6, 6.07) is 18.8. The van der Waals surface area contributed by atoms with Gasteiger partial charge >= 0.3 is 0 Å². The number of aromatic nitrogens is 1. The summed E-state index contributed by atoms with van der Waals surface area (Å²) in [6.45, 7) is 8.08. The summed E-state index contributed by atoms with van der Waals surface area (Å²) in [5.41, 5.74) is 3.78. The molecule has 3 N–H and O–H groups in total. The molecule has 1 aromatic heterocycles. The van der Waals surface area contributed by atoms with E-state index in [9.17, 15) is 19.8 Å². The van der Waals surface area contributed by atoms with Crippen LogP contribution in [0.1, 0.15) is 49.1 Å². The summed E-state index contributed by atoms with van der Waals surface area (Å²) < 4.78 is 0. The third-order valence-electron chi connectivity index (χ3n) is 6.86. The molecule has 1 atom stereocenters. The number of nitrogens with zero attached hydrogens (tertiary/aromatic N) is 1. The molecule has 0 spiro atoms. The third kappa shape index (κ3) is 3.66. The first-order valence-corrected chi connectivity index (χ1v) is 11.9. The number of benzene rings is 3. The zero-order chi connectivity index (χ0) is 25.8. The number of aliphatic hydroxyl groups is 1. The van der Waals surface area contributed by atoms with E-state index in [0.717, 1.165) is 22.0 Å². The van der Waals surface area contributed by atoms with Crippen LogP contribution >= 0.6 is 0 Å². The first kappa shape index (κ1) is 23.4. The van der Waals surface area contributed by atoms with Crippen LogP contribution in [0.15, 0.2) is 78.5 Å². The molecule has 1 aliphatic rings. The molecule has 0 radical (unpaired) electrons. The Labute approximate surface area is 209 Å². The Hall–Kier alpha value is -4.32. The highest BCUT2D eigenvalue weighted by Gasteiger charge is 2.48. The van der Waals surface area contributed by atoms with E-state index in [0.29, 0.717) is 11.1 Å². The number of carbonyl (C=O) groups excluding carboxylic acids is 2. The molecule has 3 aromatic carbocycles. The zero-order valence-electron chi connectivity index (χ0n) is 20.7. The van der Waals surface area contributed by atoms with Crippen molar-refractivity contribution in [2.24, 2.45) is 0 Å². The number of para-hydroxylation sites is 3. The van der Waals surface area contributed by atoms with E-state index in [1.807, 2.05) is 49.4 Å². The molecule has 6 heteroatoms. The number of aliphatic hydroxyl groups excluding tert-OH is 1. The number of H-pyrrole nitrogens is 1. The maximum absolute atomic E-state index is 13.5. The van der Waals surface area contributed by atoms with Crippen LogP contribution in [0.4, 0.5) is 5.69 Å². The van der Waals surface area contributed by atoms with Crippen LogP contribution in [-0.4, -0.2) is 26.9 Å². The number of anilines is 1. The van der Waals surface area contributed by atoms with E-state index in [-0.39, 0.29) is 28.2 Å². The molecular formula is C30H28N2O4. The average Bonchev–Trinajstić information content (AvgIpc) is 3.37. The van der Waals surface area contributed by atoms with Crippen LogP contribution in [0.5, 0.6) is 5.75 Å². The minimum atomic E-state index is -0.938. The lowest BCUT2D eigenvalue weighted by Gasteiger charge is -2.26. The molecule has 36 heavy (non-hydrogen) atoms. The topological polar surface area (TPSA) is 93.6 Å². The molecular weight excluding hydrogens is 452 g/mol. The van der Waals surface area contributed by atoms with Crippen molar-refractivity contribution in [2.45, 2.75) is 39.2 Å². The smallest absolute Gasteiger partial charge is 0.300 e. The van der Waals surface area contributed by atoms with Crippen molar-refractivity contribution in [3.05, 3.63) is 101 Å². The monoisotopic (exact) mass is 480 g/mol. The molecule has 2 heterocycles. The van der Waals surface area contributed by atoms with E-state index in [1.165, 1.54) is 11.0 Å². The van der Waals surface area contributed by atoms with Gasteiger partial charge in [0.05, 0.1) is 17.3 Å². The molecule has 0 aliphatic carbocycles. The SMILES string of the molecule is Cc1ccc(C(C)(C)C)cc1/C(O)=C1\C(=O)C(=O)N(c2ccccc2O)C1c1c[nH]c2ccccc12. The molecule has 1 fully saturated rings. The molecule has 0 saturated carbocycles. The number of hydrogen-bond acceptors (Lipinski definition) is 4. The van der Waals surface area contributed by atoms with Gasteiger partial charge in [0, 0.05) is 28.2 Å². The molecule has 1 unspecified atom stereocenters. The summed E-state index contributed by atoms with van der Waals surface area (Å²) in [5, 5.41) is 23.1. The predicted octanol–water partition coefficient (Wildman–Crippen LogP) is 6.11. The van der Waals surface area contributed by atoms with Gasteiger partial charge in [-0.1, -0.05) is 63.2 Å². The summed E-state index contributed by atoms with van der Waals surface area (Å²) in [7, 11) is 0. The van der Waals surface area contributed by atoms with Crippen LogP contribution in [0.2, 0.25) is 0 Å². The van der Waals surface area contributed by atoms with Crippen molar-refractivity contribution in [2.75, 3.05) is 4.90 Å². The molecule has 182 valence electrons. The van der Waals surface area contributed by atoms with Gasteiger partial charge in [0.15, 0.2) is 0 Å². The third-order valence-corrected chi connectivity index (χ3v) is 6.86. The number of rotatable bonds is 3. The highest BCUT2D eigenvalue weighted by Crippen LogP contribution is 2.46. The Balaban J connectivity index is 1.81. The van der Waals surface area contributed by atoms with Gasteiger partial charge < -0.3 is 15.2 Å². The lowest BCUT2D eigenvalue weighted by molar-refractivity contribution is -0.132. The zero-order valence-corrected chi connectivity index (χ0v) is 20.7. The number of Topliss-reactive ketones (excluding diaryl/α,β-unsaturated/α-hetero) is 1. The Kier molecular flexibility index (Phi) is 5.47. The Morgan fingerprint density at radius 3 is 2.39 bits per heavy atom. The number of carbonyl (C=O) groups is 2. The minimum absolute atomic E-state index is 0.0119. The van der Waals surface area contributed by atoms with E-state index in [4.69, 9.17) is 0 Å². The quantitative estimate of drug-likeness (QED) is 0.187. The van der Waals surface area contributed by atoms with E-state index in [2.05, 4.69) is 25.8 Å². The number of fused-ring (bicyclic) bond motifs is 1. The van der Waals surface area contributed by atoms with E-state index in [1.54, 1.807) is 24.4 Å². The Bertz CT molecular complexity index is 1550. The standard InChI is InChI=1S/C30H28N2O4/c1-17-13-14-18(30(2,3)4)15-20(17)27(34)25-26(21-16-31-22-10-6-5-9-19(21)22)32(29(36)28(25)35)23-11-7-8-12-24(23)33/h5-16,26,31,33-34H,1-4H3/b27-25+. The molecule has 5 rings (SSSR count). The van der Waals surface area contributed by atoms with Crippen molar-refractivity contribution in [1.29, 1.82) is 0 Å². The fraction of sp³-hybridized carbons (Fsp3) is 0.200. The number of ketones is 1. The number of phenolic OH excluding ortho intramolecular Hbond substituents is 1. The van der Waals surface area contributed by atoms with Crippen LogP contribution in [-0.2, 0) is 15.0 Å². The second-order valence-corrected chi connectivity index (χ2v) is 10.2. The second-order valence-electron chi connectivity index (χ2n) is 10.2. The molecule has 0 bridgehead atoms. The first-order valence-electron chi connectivity index (χ1n) is 11.9. The number of hydrogen-bond donors (Lipinski definition) is 3. The van der Waals surface area contributed by atoms with E-state index >= 15 is 0 Å². The normalized spacial score (nSPS) is 17.8. The predicted molar refractivity (Wildman–Crippen MR) is 141 cm³/mol. The Morgan fingerprint density at radius 2 is 1.67 bits per heavy atom. The van der Waals surface area contributed by atoms with Gasteiger partial charge in [0.25, 0.3) is 11.7 Å². The number of aryl methyl sites for hydroxylation is 1. The highest BCUT2D eigenvalue weighted by molar-refractivity contribution is 6.52. The second kappa shape index (κ2) is 8.41. The number of aromatic hydroxyl groups is 1. The maximum atomic E-state index is 13.5. The first-order chi connectivity index (χ1) is 17.1. The molecule has 1 amide bonds. The highest BCUT2D eigenvalue weighted by atomic mass is 16.3. The van der Waals surface area contributed by atoms with Crippen LogP contribution in [0.3, 0.4) is 0 Å². The Morgan fingerprint density at radius 1 is 0.972 bits per heavy atom. The van der Waals surface area contributed by atoms with Crippen molar-refractivity contribution in [3.8, 4) is 5.75 Å². The van der Waals surface area contributed by atoms with Crippen LogP contribution < -0.4 is 4.90 Å². The van der Waals surface area contributed by atoms with Crippen molar-refractivity contribution in [3.63, 3.8) is 0 Å². The summed E-state index contributed by atoms with van der Waals surface area (Å²) in [4.78, 5) is 31.5. The van der Waals surface area contributed by atoms with Gasteiger partial charge in [-0.15, -0.1) is 0 Å². The number of aromatic amines is 1. The fourth-order valence-corrected chi connectivity index (χ4v) is 4.85. The maximum Gasteiger partial charge on any atom is 0.300 e. The summed E-state index contributed by atoms with van der Waals surface area (Å²) >= 11 is 0. The van der Waals surface area contributed by atoms with Gasteiger partial charge in [0.2, 0.25) is 0 Å². The summed E-state index contributed by atoms with van der Waals surface area (Å²) in [6.07, 6.45) is 1.75. The molecule has 1 aliphatic heterocycles. The minimum Gasteiger partial charge on any atom is -0.507 e. The van der Waals surface area contributed by atoms with E-state index < -0.39 is 17.7 Å². The molecule has 4 aromatic rings. The van der Waals surface area contributed by atoms with Gasteiger partial charge in [-0.3, -0.25) is 14.5 Å². The number of phenols is 1. The van der Waals surface area contributed by atoms with Crippen molar-refractivity contribution < 1.29 is 19.8 Å². The lowest BCUT2D eigenvalue weighted by atomic mass is 9.84. The summed E-state index contributed by atoms with van der Waals surface area (Å²) in [5.74, 6) is -1.97. The molecule has 1 saturated heterocycles. The average molecular weight is 481 g/mol. The van der Waals surface area contributed by atoms with Crippen molar-refractivity contribution in [1.82, 2.24) is 4.98 Å². The van der Waals surface area contributed by atoms with Crippen LogP contribution in [0.25, 0.3) is 16.7 Å². The van der Waals surface area contributed by atoms with Gasteiger partial charge in [-0.2, -0.15) is 0 Å².